The van der Waals surface area contributed by atoms with Gasteiger partial charge in [0.05, 0.1) is 0 Å². The normalized spacial score (nSPS) is 12.6. The van der Waals surface area contributed by atoms with E-state index < -0.39 is 0 Å². The Morgan fingerprint density at radius 1 is 1.32 bits per heavy atom. The van der Waals surface area contributed by atoms with Crippen LogP contribution in [0.1, 0.15) is 23.3 Å². The Kier molecular flexibility index (Phi) is 5.55. The maximum Gasteiger partial charge on any atom is 0.126 e. The molecule has 1 nitrogen and oxygen atoms in total. The Bertz CT molecular complexity index is 526. The summed E-state index contributed by atoms with van der Waals surface area (Å²) >= 11 is 5.27. The number of benzene rings is 1. The summed E-state index contributed by atoms with van der Waals surface area (Å²) in [4.78, 5) is 1.27. The summed E-state index contributed by atoms with van der Waals surface area (Å²) in [6.07, 6.45) is 0.853. The molecule has 0 fully saturated rings. The van der Waals surface area contributed by atoms with E-state index in [4.69, 9.17) is 0 Å². The highest BCUT2D eigenvalue weighted by atomic mass is 79.9. The molecule has 1 aromatic carbocycles. The molecule has 1 N–H and O–H groups in total. The second-order valence-electron chi connectivity index (χ2n) is 4.42. The third-order valence-corrected chi connectivity index (χ3v) is 5.06. The molecule has 0 aliphatic rings. The molecule has 1 aromatic heterocycles. The fourth-order valence-corrected chi connectivity index (χ4v) is 3.71. The first-order valence-electron chi connectivity index (χ1n) is 6.39. The fraction of sp³-hybridized carbons (Fsp3) is 0.333. The molecule has 0 aliphatic carbocycles. The Hall–Kier alpha value is -0.710. The third kappa shape index (κ3) is 3.88. The van der Waals surface area contributed by atoms with E-state index in [0.717, 1.165) is 29.5 Å². The molecule has 1 atom stereocenters. The monoisotopic (exact) mass is 341 g/mol. The highest BCUT2D eigenvalue weighted by Gasteiger charge is 2.17. The molecule has 0 amide bonds. The molecule has 1 unspecified atom stereocenters. The molecule has 0 spiro atoms. The summed E-state index contributed by atoms with van der Waals surface area (Å²) in [5.41, 5.74) is 0.795. The van der Waals surface area contributed by atoms with Gasteiger partial charge >= 0.3 is 0 Å². The van der Waals surface area contributed by atoms with Gasteiger partial charge in [-0.05, 0) is 52.0 Å². The summed E-state index contributed by atoms with van der Waals surface area (Å²) in [7, 11) is 0. The second kappa shape index (κ2) is 7.17. The molecule has 0 aliphatic heterocycles. The first-order valence-corrected chi connectivity index (χ1v) is 8.06. The number of nitrogens with one attached hydrogen (secondary N) is 1. The zero-order valence-electron chi connectivity index (χ0n) is 10.8. The number of rotatable bonds is 6. The Morgan fingerprint density at radius 2 is 2.11 bits per heavy atom. The largest absolute Gasteiger partial charge is 0.316 e. The average Bonchev–Trinajstić information content (AvgIpc) is 2.81. The predicted octanol–water partition coefficient (Wildman–Crippen LogP) is 4.59. The van der Waals surface area contributed by atoms with Crippen LogP contribution in [0.5, 0.6) is 0 Å². The van der Waals surface area contributed by atoms with E-state index in [1.165, 1.54) is 10.9 Å². The summed E-state index contributed by atoms with van der Waals surface area (Å²) in [5, 5.41) is 5.39. The highest BCUT2D eigenvalue weighted by molar-refractivity contribution is 9.10. The van der Waals surface area contributed by atoms with Crippen molar-refractivity contribution in [3.63, 3.8) is 0 Å². The molecule has 0 saturated carbocycles. The van der Waals surface area contributed by atoms with Crippen LogP contribution < -0.4 is 5.32 Å². The molecule has 0 bridgehead atoms. The Balaban J connectivity index is 2.21. The minimum Gasteiger partial charge on any atom is -0.316 e. The van der Waals surface area contributed by atoms with Crippen molar-refractivity contribution < 1.29 is 4.39 Å². The van der Waals surface area contributed by atoms with Crippen LogP contribution in [-0.2, 0) is 6.42 Å². The average molecular weight is 342 g/mol. The molecule has 1 heterocycles. The number of likely N-dealkylation sites (N-methyl/N-ethyl adjacent to an activating group) is 1. The quantitative estimate of drug-likeness (QED) is 0.810. The van der Waals surface area contributed by atoms with Gasteiger partial charge in [-0.25, -0.2) is 4.39 Å². The molecule has 4 heteroatoms. The summed E-state index contributed by atoms with van der Waals surface area (Å²) in [6, 6.07) is 9.12. The Labute approximate surface area is 126 Å². The molecule has 2 aromatic rings. The van der Waals surface area contributed by atoms with Gasteiger partial charge in [0.1, 0.15) is 5.82 Å². The van der Waals surface area contributed by atoms with Crippen molar-refractivity contribution in [3.8, 4) is 0 Å². The van der Waals surface area contributed by atoms with E-state index in [2.05, 4.69) is 33.6 Å². The van der Waals surface area contributed by atoms with E-state index >= 15 is 0 Å². The summed E-state index contributed by atoms with van der Waals surface area (Å²) < 4.78 is 15.1. The third-order valence-electron chi connectivity index (χ3n) is 3.11. The second-order valence-corrected chi connectivity index (χ2v) is 6.28. The van der Waals surface area contributed by atoms with Crippen molar-refractivity contribution in [3.05, 3.63) is 56.4 Å². The van der Waals surface area contributed by atoms with Crippen LogP contribution in [0.4, 0.5) is 4.39 Å². The number of hydrogen-bond acceptors (Lipinski definition) is 2. The summed E-state index contributed by atoms with van der Waals surface area (Å²) in [6.45, 7) is 3.76. The molecule has 2 rings (SSSR count). The fourth-order valence-electron chi connectivity index (χ4n) is 2.11. The standard InChI is InChI=1S/C15H17BrFNS/c1-2-18-10-11(9-15-13(16)7-8-19-15)12-5-3-4-6-14(12)17/h3-8,11,18H,2,9-10H2,1H3. The van der Waals surface area contributed by atoms with Crippen molar-refractivity contribution in [2.75, 3.05) is 13.1 Å². The van der Waals surface area contributed by atoms with Gasteiger partial charge in [-0.15, -0.1) is 11.3 Å². The number of hydrogen-bond donors (Lipinski definition) is 1. The maximum absolute atomic E-state index is 14.0. The first-order chi connectivity index (χ1) is 9.22. The van der Waals surface area contributed by atoms with E-state index in [9.17, 15) is 4.39 Å². The molecular weight excluding hydrogens is 325 g/mol. The van der Waals surface area contributed by atoms with Crippen LogP contribution in [0.2, 0.25) is 0 Å². The van der Waals surface area contributed by atoms with Crippen LogP contribution >= 0.6 is 27.3 Å². The summed E-state index contributed by atoms with van der Waals surface area (Å²) in [5.74, 6) is 0.0502. The van der Waals surface area contributed by atoms with Crippen molar-refractivity contribution in [2.45, 2.75) is 19.3 Å². The lowest BCUT2D eigenvalue weighted by Crippen LogP contribution is -2.23. The zero-order valence-corrected chi connectivity index (χ0v) is 13.2. The van der Waals surface area contributed by atoms with E-state index in [-0.39, 0.29) is 11.7 Å². The minimum atomic E-state index is -0.113. The van der Waals surface area contributed by atoms with Gasteiger partial charge in [-0.3, -0.25) is 0 Å². The minimum absolute atomic E-state index is 0.113. The zero-order chi connectivity index (χ0) is 13.7. The molecule has 102 valence electrons. The van der Waals surface area contributed by atoms with Crippen LogP contribution in [0, 0.1) is 5.82 Å². The topological polar surface area (TPSA) is 12.0 Å². The molecule has 0 saturated heterocycles. The van der Waals surface area contributed by atoms with Gasteiger partial charge in [0.15, 0.2) is 0 Å². The van der Waals surface area contributed by atoms with Crippen LogP contribution in [0.25, 0.3) is 0 Å². The lowest BCUT2D eigenvalue weighted by molar-refractivity contribution is 0.546. The van der Waals surface area contributed by atoms with Crippen LogP contribution in [0.3, 0.4) is 0 Å². The van der Waals surface area contributed by atoms with Gasteiger partial charge in [0.2, 0.25) is 0 Å². The van der Waals surface area contributed by atoms with Crippen molar-refractivity contribution in [1.29, 1.82) is 0 Å². The SMILES string of the molecule is CCNCC(Cc1sccc1Br)c1ccccc1F. The van der Waals surface area contributed by atoms with Gasteiger partial charge in [-0.2, -0.15) is 0 Å². The molecular formula is C15H17BrFNS. The molecule has 0 radical (unpaired) electrons. The van der Waals surface area contributed by atoms with Gasteiger partial charge < -0.3 is 5.32 Å². The van der Waals surface area contributed by atoms with Gasteiger partial charge in [-0.1, -0.05) is 25.1 Å². The lowest BCUT2D eigenvalue weighted by atomic mass is 9.94. The Morgan fingerprint density at radius 3 is 2.74 bits per heavy atom. The van der Waals surface area contributed by atoms with Crippen molar-refractivity contribution in [1.82, 2.24) is 5.32 Å². The van der Waals surface area contributed by atoms with Crippen LogP contribution in [-0.4, -0.2) is 13.1 Å². The lowest BCUT2D eigenvalue weighted by Gasteiger charge is -2.18. The smallest absolute Gasteiger partial charge is 0.126 e. The van der Waals surface area contributed by atoms with E-state index in [1.807, 2.05) is 18.2 Å². The van der Waals surface area contributed by atoms with Crippen molar-refractivity contribution in [2.24, 2.45) is 0 Å². The molecule has 19 heavy (non-hydrogen) atoms. The van der Waals surface area contributed by atoms with Gasteiger partial charge in [0.25, 0.3) is 0 Å². The van der Waals surface area contributed by atoms with Crippen molar-refractivity contribution >= 4 is 27.3 Å². The number of halogens is 2. The predicted molar refractivity (Wildman–Crippen MR) is 83.4 cm³/mol. The first kappa shape index (κ1) is 14.7. The number of thiophene rings is 1. The van der Waals surface area contributed by atoms with Crippen LogP contribution in [0.15, 0.2) is 40.2 Å². The van der Waals surface area contributed by atoms with E-state index in [0.29, 0.717) is 0 Å². The van der Waals surface area contributed by atoms with Gasteiger partial charge in [0, 0.05) is 21.8 Å². The highest BCUT2D eigenvalue weighted by Crippen LogP contribution is 2.30. The maximum atomic E-state index is 14.0. The van der Waals surface area contributed by atoms with E-state index in [1.54, 1.807) is 17.4 Å².